The number of rotatable bonds is 7. The average Bonchev–Trinajstić information content (AvgIpc) is 3.00. The van der Waals surface area contributed by atoms with Gasteiger partial charge in [-0.25, -0.2) is 9.78 Å². The van der Waals surface area contributed by atoms with Crippen molar-refractivity contribution in [3.8, 4) is 11.3 Å². The van der Waals surface area contributed by atoms with Crippen LogP contribution in [0.3, 0.4) is 0 Å². The number of hydrogen-bond acceptors (Lipinski definition) is 4. The van der Waals surface area contributed by atoms with Crippen LogP contribution in [0.4, 0.5) is 0 Å². The Morgan fingerprint density at radius 2 is 2.05 bits per heavy atom. The average molecular weight is 302 g/mol. The van der Waals surface area contributed by atoms with Crippen LogP contribution in [-0.4, -0.2) is 28.0 Å². The van der Waals surface area contributed by atoms with Crippen molar-refractivity contribution in [3.63, 3.8) is 0 Å². The zero-order valence-electron chi connectivity index (χ0n) is 12.3. The summed E-state index contributed by atoms with van der Waals surface area (Å²) in [6.45, 7) is 1.71. The van der Waals surface area contributed by atoms with Gasteiger partial charge in [-0.3, -0.25) is 4.79 Å². The number of aromatic nitrogens is 1. The molecule has 0 aliphatic carbocycles. The molecule has 0 aliphatic heterocycles. The number of hydrogen-bond donors (Lipinski definition) is 2. The number of aryl methyl sites for hydroxylation is 1. The SMILES string of the molecule is CCC(NC(=O)CCc1ncc(-c2ccccc2)o1)C(=O)O. The lowest BCUT2D eigenvalue weighted by Gasteiger charge is -2.11. The Bertz CT molecular complexity index is 637. The molecule has 1 atom stereocenters. The van der Waals surface area contributed by atoms with Crippen molar-refractivity contribution >= 4 is 11.9 Å². The second-order valence-corrected chi connectivity index (χ2v) is 4.85. The molecule has 0 bridgehead atoms. The molecule has 2 N–H and O–H groups in total. The van der Waals surface area contributed by atoms with Crippen LogP contribution >= 0.6 is 0 Å². The van der Waals surface area contributed by atoms with Gasteiger partial charge >= 0.3 is 5.97 Å². The third-order valence-corrected chi connectivity index (χ3v) is 3.22. The summed E-state index contributed by atoms with van der Waals surface area (Å²) in [5, 5.41) is 11.4. The van der Waals surface area contributed by atoms with E-state index >= 15 is 0 Å². The third kappa shape index (κ3) is 4.18. The summed E-state index contributed by atoms with van der Waals surface area (Å²) in [6.07, 6.45) is 2.43. The first-order chi connectivity index (χ1) is 10.6. The van der Waals surface area contributed by atoms with Gasteiger partial charge in [0.25, 0.3) is 0 Å². The number of nitrogens with one attached hydrogen (secondary N) is 1. The zero-order chi connectivity index (χ0) is 15.9. The van der Waals surface area contributed by atoms with Crippen molar-refractivity contribution in [2.45, 2.75) is 32.2 Å². The predicted octanol–water partition coefficient (Wildman–Crippen LogP) is 2.25. The van der Waals surface area contributed by atoms with E-state index in [-0.39, 0.29) is 12.3 Å². The molecule has 22 heavy (non-hydrogen) atoms. The van der Waals surface area contributed by atoms with Crippen molar-refractivity contribution < 1.29 is 19.1 Å². The molecule has 1 aromatic heterocycles. The van der Waals surface area contributed by atoms with E-state index in [1.165, 1.54) is 0 Å². The van der Waals surface area contributed by atoms with E-state index in [0.29, 0.717) is 24.5 Å². The van der Waals surface area contributed by atoms with Crippen molar-refractivity contribution in [1.82, 2.24) is 10.3 Å². The molecule has 1 aromatic carbocycles. The minimum absolute atomic E-state index is 0.137. The van der Waals surface area contributed by atoms with Crippen LogP contribution in [-0.2, 0) is 16.0 Å². The van der Waals surface area contributed by atoms with Gasteiger partial charge < -0.3 is 14.8 Å². The van der Waals surface area contributed by atoms with Crippen LogP contribution in [0.5, 0.6) is 0 Å². The molecule has 2 aromatic rings. The molecule has 6 heteroatoms. The van der Waals surface area contributed by atoms with E-state index in [0.717, 1.165) is 5.56 Å². The number of carbonyl (C=O) groups excluding carboxylic acids is 1. The Morgan fingerprint density at radius 1 is 1.32 bits per heavy atom. The van der Waals surface area contributed by atoms with Crippen molar-refractivity contribution in [1.29, 1.82) is 0 Å². The second kappa shape index (κ2) is 7.40. The lowest BCUT2D eigenvalue weighted by Crippen LogP contribution is -2.40. The normalized spacial score (nSPS) is 11.9. The minimum atomic E-state index is -1.03. The van der Waals surface area contributed by atoms with Gasteiger partial charge in [0, 0.05) is 18.4 Å². The Labute approximate surface area is 128 Å². The summed E-state index contributed by atoms with van der Waals surface area (Å²) in [6, 6.07) is 8.70. The number of amides is 1. The smallest absolute Gasteiger partial charge is 0.326 e. The first-order valence-electron chi connectivity index (χ1n) is 7.12. The lowest BCUT2D eigenvalue weighted by atomic mass is 10.2. The second-order valence-electron chi connectivity index (χ2n) is 4.85. The maximum Gasteiger partial charge on any atom is 0.326 e. The molecule has 1 amide bonds. The fourth-order valence-electron chi connectivity index (χ4n) is 1.99. The number of nitrogens with zero attached hydrogens (tertiary/aromatic N) is 1. The van der Waals surface area contributed by atoms with Gasteiger partial charge in [0.1, 0.15) is 6.04 Å². The fourth-order valence-corrected chi connectivity index (χ4v) is 1.99. The van der Waals surface area contributed by atoms with Gasteiger partial charge in [0.05, 0.1) is 6.20 Å². The number of carbonyl (C=O) groups is 2. The molecule has 0 spiro atoms. The summed E-state index contributed by atoms with van der Waals surface area (Å²) in [4.78, 5) is 26.7. The van der Waals surface area contributed by atoms with Crippen LogP contribution in [0.15, 0.2) is 40.9 Å². The fraction of sp³-hybridized carbons (Fsp3) is 0.312. The van der Waals surface area contributed by atoms with Gasteiger partial charge in [0.2, 0.25) is 5.91 Å². The number of aliphatic carboxylic acids is 1. The van der Waals surface area contributed by atoms with Crippen molar-refractivity contribution in [2.24, 2.45) is 0 Å². The Kier molecular flexibility index (Phi) is 5.30. The molecule has 0 aliphatic rings. The first kappa shape index (κ1) is 15.8. The molecule has 0 radical (unpaired) electrons. The lowest BCUT2D eigenvalue weighted by molar-refractivity contribution is -0.141. The zero-order valence-corrected chi connectivity index (χ0v) is 12.3. The molecule has 2 rings (SSSR count). The number of oxazole rings is 1. The summed E-state index contributed by atoms with van der Waals surface area (Å²) in [7, 11) is 0. The number of carboxylic acid groups (broad SMARTS) is 1. The third-order valence-electron chi connectivity index (χ3n) is 3.22. The van der Waals surface area contributed by atoms with Crippen LogP contribution in [0.25, 0.3) is 11.3 Å². The highest BCUT2D eigenvalue weighted by atomic mass is 16.4. The topological polar surface area (TPSA) is 92.4 Å². The molecule has 0 saturated heterocycles. The molecular formula is C16H18N2O4. The number of carboxylic acids is 1. The molecule has 0 saturated carbocycles. The van der Waals surface area contributed by atoms with Crippen molar-refractivity contribution in [3.05, 3.63) is 42.4 Å². The van der Waals surface area contributed by atoms with Crippen LogP contribution in [0.2, 0.25) is 0 Å². The van der Waals surface area contributed by atoms with E-state index < -0.39 is 12.0 Å². The van der Waals surface area contributed by atoms with E-state index in [1.807, 2.05) is 30.3 Å². The van der Waals surface area contributed by atoms with Crippen LogP contribution in [0, 0.1) is 0 Å². The highest BCUT2D eigenvalue weighted by Crippen LogP contribution is 2.20. The van der Waals surface area contributed by atoms with E-state index in [1.54, 1.807) is 13.1 Å². The maximum atomic E-state index is 11.7. The van der Waals surface area contributed by atoms with Gasteiger partial charge in [-0.1, -0.05) is 37.3 Å². The monoisotopic (exact) mass is 302 g/mol. The Morgan fingerprint density at radius 3 is 2.68 bits per heavy atom. The number of benzene rings is 1. The molecule has 1 heterocycles. The molecule has 1 unspecified atom stereocenters. The quantitative estimate of drug-likeness (QED) is 0.818. The van der Waals surface area contributed by atoms with E-state index in [4.69, 9.17) is 9.52 Å². The standard InChI is InChI=1S/C16H18N2O4/c1-2-12(16(20)21)18-14(19)8-9-15-17-10-13(22-15)11-6-4-3-5-7-11/h3-7,10,12H,2,8-9H2,1H3,(H,18,19)(H,20,21). The van der Waals surface area contributed by atoms with Gasteiger partial charge in [-0.2, -0.15) is 0 Å². The molecule has 0 fully saturated rings. The van der Waals surface area contributed by atoms with Gasteiger partial charge in [-0.15, -0.1) is 0 Å². The van der Waals surface area contributed by atoms with Crippen molar-refractivity contribution in [2.75, 3.05) is 0 Å². The van der Waals surface area contributed by atoms with E-state index in [9.17, 15) is 9.59 Å². The maximum absolute atomic E-state index is 11.7. The van der Waals surface area contributed by atoms with Crippen LogP contribution in [0.1, 0.15) is 25.7 Å². The molecule has 116 valence electrons. The minimum Gasteiger partial charge on any atom is -0.480 e. The first-order valence-corrected chi connectivity index (χ1v) is 7.12. The highest BCUT2D eigenvalue weighted by molar-refractivity contribution is 5.83. The molecular weight excluding hydrogens is 284 g/mol. The van der Waals surface area contributed by atoms with Gasteiger partial charge in [-0.05, 0) is 6.42 Å². The van der Waals surface area contributed by atoms with E-state index in [2.05, 4.69) is 10.3 Å². The summed E-state index contributed by atoms with van der Waals surface area (Å²) >= 11 is 0. The summed E-state index contributed by atoms with van der Waals surface area (Å²) in [5.41, 5.74) is 0.919. The molecule has 6 nitrogen and oxygen atoms in total. The summed E-state index contributed by atoms with van der Waals surface area (Å²) in [5.74, 6) is -0.252. The Hall–Kier alpha value is -2.63. The largest absolute Gasteiger partial charge is 0.480 e. The van der Waals surface area contributed by atoms with Crippen LogP contribution < -0.4 is 5.32 Å². The summed E-state index contributed by atoms with van der Waals surface area (Å²) < 4.78 is 5.59. The predicted molar refractivity (Wildman–Crippen MR) is 80.1 cm³/mol. The highest BCUT2D eigenvalue weighted by Gasteiger charge is 2.17. The Balaban J connectivity index is 1.89. The van der Waals surface area contributed by atoms with Gasteiger partial charge in [0.15, 0.2) is 11.7 Å².